The van der Waals surface area contributed by atoms with E-state index in [1.165, 1.54) is 0 Å². The van der Waals surface area contributed by atoms with Gasteiger partial charge in [0, 0.05) is 13.3 Å². The third kappa shape index (κ3) is 3.26. The van der Waals surface area contributed by atoms with E-state index in [0.717, 1.165) is 12.8 Å². The molecule has 0 amide bonds. The average Bonchev–Trinajstić information content (AvgIpc) is 1.99. The monoisotopic (exact) mass is 228 g/mol. The molecule has 0 radical (unpaired) electrons. The van der Waals surface area contributed by atoms with Crippen LogP contribution in [0.25, 0.3) is 0 Å². The molecule has 1 rings (SSSR count). The summed E-state index contributed by atoms with van der Waals surface area (Å²) < 4.78 is 5.59. The Morgan fingerprint density at radius 2 is 2.07 bits per heavy atom. The molecule has 2 nitrogen and oxygen atoms in total. The lowest BCUT2D eigenvalue weighted by molar-refractivity contribution is -0.133. The van der Waals surface area contributed by atoms with Gasteiger partial charge in [-0.2, -0.15) is 0 Å². The summed E-state index contributed by atoms with van der Waals surface area (Å²) in [6, 6.07) is 0. The van der Waals surface area contributed by atoms with E-state index >= 15 is 0 Å². The predicted octanol–water partition coefficient (Wildman–Crippen LogP) is 3.13. The van der Waals surface area contributed by atoms with Crippen molar-refractivity contribution in [1.29, 1.82) is 0 Å². The predicted molar refractivity (Wildman–Crippen MR) is 64.9 cm³/mol. The van der Waals surface area contributed by atoms with Gasteiger partial charge in [0.05, 0.1) is 5.92 Å². The molecule has 0 aromatic heterocycles. The van der Waals surface area contributed by atoms with Crippen molar-refractivity contribution in [3.05, 3.63) is 0 Å². The molecule has 1 aliphatic rings. The first-order valence-electron chi connectivity index (χ1n) is 5.55. The number of carbonyl (C=O) groups is 1. The summed E-state index contributed by atoms with van der Waals surface area (Å²) >= 11 is 4.94. The van der Waals surface area contributed by atoms with Gasteiger partial charge in [-0.15, -0.1) is 0 Å². The van der Waals surface area contributed by atoms with Crippen LogP contribution in [-0.2, 0) is 9.53 Å². The second-order valence-corrected chi connectivity index (χ2v) is 5.68. The molecule has 0 bridgehead atoms. The number of hydrogen-bond acceptors (Lipinski definition) is 3. The maximum Gasteiger partial charge on any atom is 0.157 e. The second-order valence-electron chi connectivity index (χ2n) is 5.10. The number of Topliss-reactive ketones (excluding diaryl/α,β-unsaturated/α-hetero) is 1. The topological polar surface area (TPSA) is 26.3 Å². The van der Waals surface area contributed by atoms with Crippen LogP contribution in [0.1, 0.15) is 47.0 Å². The van der Waals surface area contributed by atoms with Crippen molar-refractivity contribution >= 4 is 23.1 Å². The number of carbonyl (C=O) groups excluding carboxylic acids is 1. The standard InChI is InChI=1S/C12H20O2S/c1-8-5-6-10(11(13)7-8)12(3,4)14-9(2)15/h8,10H,5-7H2,1-4H3/t8?,10-/m1/s1. The van der Waals surface area contributed by atoms with Gasteiger partial charge in [0.1, 0.15) is 11.4 Å². The zero-order valence-electron chi connectivity index (χ0n) is 10.0. The van der Waals surface area contributed by atoms with Gasteiger partial charge in [-0.1, -0.05) is 6.92 Å². The third-order valence-corrected chi connectivity index (χ3v) is 3.22. The highest BCUT2D eigenvalue weighted by Gasteiger charge is 2.39. The summed E-state index contributed by atoms with van der Waals surface area (Å²) in [6.45, 7) is 7.81. The van der Waals surface area contributed by atoms with Crippen molar-refractivity contribution in [2.75, 3.05) is 0 Å². The van der Waals surface area contributed by atoms with E-state index in [1.807, 2.05) is 13.8 Å². The van der Waals surface area contributed by atoms with E-state index in [0.29, 0.717) is 23.2 Å². The molecule has 0 N–H and O–H groups in total. The van der Waals surface area contributed by atoms with Gasteiger partial charge in [-0.05, 0) is 44.8 Å². The van der Waals surface area contributed by atoms with Gasteiger partial charge in [-0.25, -0.2) is 0 Å². The first kappa shape index (κ1) is 12.6. The smallest absolute Gasteiger partial charge is 0.157 e. The lowest BCUT2D eigenvalue weighted by Gasteiger charge is -2.37. The Balaban J connectivity index is 2.70. The molecule has 0 heterocycles. The largest absolute Gasteiger partial charge is 0.481 e. The summed E-state index contributed by atoms with van der Waals surface area (Å²) in [5.74, 6) is 0.861. The van der Waals surface area contributed by atoms with Crippen LogP contribution in [0, 0.1) is 11.8 Å². The van der Waals surface area contributed by atoms with Crippen LogP contribution < -0.4 is 0 Å². The van der Waals surface area contributed by atoms with Gasteiger partial charge >= 0.3 is 0 Å². The van der Waals surface area contributed by atoms with Crippen LogP contribution in [0.4, 0.5) is 0 Å². The Bertz CT molecular complexity index is 271. The summed E-state index contributed by atoms with van der Waals surface area (Å²) in [4.78, 5) is 11.9. The number of rotatable bonds is 2. The fourth-order valence-corrected chi connectivity index (χ4v) is 2.59. The normalized spacial score (nSPS) is 27.6. The molecular formula is C12H20O2S. The summed E-state index contributed by atoms with van der Waals surface area (Å²) in [7, 11) is 0. The zero-order chi connectivity index (χ0) is 11.6. The van der Waals surface area contributed by atoms with Gasteiger partial charge in [-0.3, -0.25) is 4.79 Å². The minimum absolute atomic E-state index is 0.00611. The molecule has 0 saturated heterocycles. The first-order valence-corrected chi connectivity index (χ1v) is 5.96. The van der Waals surface area contributed by atoms with Crippen LogP contribution >= 0.6 is 12.2 Å². The molecule has 15 heavy (non-hydrogen) atoms. The van der Waals surface area contributed by atoms with Crippen molar-refractivity contribution in [2.24, 2.45) is 11.8 Å². The molecule has 0 spiro atoms. The summed E-state index contributed by atoms with van der Waals surface area (Å²) in [6.07, 6.45) is 2.73. The van der Waals surface area contributed by atoms with Crippen molar-refractivity contribution in [3.8, 4) is 0 Å². The molecule has 1 saturated carbocycles. The number of hydrogen-bond donors (Lipinski definition) is 0. The fraction of sp³-hybridized carbons (Fsp3) is 0.833. The second kappa shape index (κ2) is 4.60. The van der Waals surface area contributed by atoms with E-state index in [-0.39, 0.29) is 5.92 Å². The lowest BCUT2D eigenvalue weighted by Crippen LogP contribution is -2.43. The third-order valence-electron chi connectivity index (χ3n) is 3.13. The number of thiocarbonyl (C=S) groups is 1. The highest BCUT2D eigenvalue weighted by molar-refractivity contribution is 7.80. The molecule has 86 valence electrons. The Kier molecular flexibility index (Phi) is 3.87. The van der Waals surface area contributed by atoms with Gasteiger partial charge in [0.15, 0.2) is 5.05 Å². The lowest BCUT2D eigenvalue weighted by atomic mass is 9.74. The molecule has 0 aromatic carbocycles. The minimum Gasteiger partial charge on any atom is -0.481 e. The molecule has 0 aromatic rings. The fourth-order valence-electron chi connectivity index (χ4n) is 2.38. The maximum atomic E-state index is 11.9. The molecule has 0 aliphatic heterocycles. The van der Waals surface area contributed by atoms with Crippen molar-refractivity contribution in [3.63, 3.8) is 0 Å². The molecule has 2 atom stereocenters. The molecule has 1 unspecified atom stereocenters. The zero-order valence-corrected chi connectivity index (χ0v) is 10.8. The van der Waals surface area contributed by atoms with E-state index in [9.17, 15) is 4.79 Å². The SMILES string of the molecule is CC(=S)OC(C)(C)[C@@H]1CCC(C)CC1=O. The Morgan fingerprint density at radius 1 is 1.47 bits per heavy atom. The van der Waals surface area contributed by atoms with Gasteiger partial charge in [0.2, 0.25) is 0 Å². The van der Waals surface area contributed by atoms with E-state index in [2.05, 4.69) is 6.92 Å². The van der Waals surface area contributed by atoms with Crippen molar-refractivity contribution in [2.45, 2.75) is 52.6 Å². The number of ether oxygens (including phenoxy) is 1. The van der Waals surface area contributed by atoms with E-state index < -0.39 is 5.60 Å². The highest BCUT2D eigenvalue weighted by atomic mass is 32.1. The van der Waals surface area contributed by atoms with Crippen LogP contribution in [0.3, 0.4) is 0 Å². The van der Waals surface area contributed by atoms with Crippen LogP contribution in [0.5, 0.6) is 0 Å². The Morgan fingerprint density at radius 3 is 2.53 bits per heavy atom. The average molecular weight is 228 g/mol. The highest BCUT2D eigenvalue weighted by Crippen LogP contribution is 2.34. The maximum absolute atomic E-state index is 11.9. The van der Waals surface area contributed by atoms with Crippen molar-refractivity contribution < 1.29 is 9.53 Å². The van der Waals surface area contributed by atoms with E-state index in [4.69, 9.17) is 17.0 Å². The van der Waals surface area contributed by atoms with Crippen LogP contribution in [0.15, 0.2) is 0 Å². The summed E-state index contributed by atoms with van der Waals surface area (Å²) in [5.41, 5.74) is -0.441. The molecular weight excluding hydrogens is 208 g/mol. The Hall–Kier alpha value is -0.440. The number of ketones is 1. The molecule has 1 aliphatic carbocycles. The summed E-state index contributed by atoms with van der Waals surface area (Å²) in [5, 5.41) is 0.520. The van der Waals surface area contributed by atoms with Crippen LogP contribution in [0.2, 0.25) is 0 Å². The van der Waals surface area contributed by atoms with Gasteiger partial charge in [0.25, 0.3) is 0 Å². The first-order chi connectivity index (χ1) is 6.83. The van der Waals surface area contributed by atoms with Gasteiger partial charge < -0.3 is 4.74 Å². The molecule has 1 fully saturated rings. The van der Waals surface area contributed by atoms with Crippen LogP contribution in [-0.4, -0.2) is 16.4 Å². The van der Waals surface area contributed by atoms with Crippen molar-refractivity contribution in [1.82, 2.24) is 0 Å². The molecule has 3 heteroatoms. The van der Waals surface area contributed by atoms with E-state index in [1.54, 1.807) is 6.92 Å². The Labute approximate surface area is 97.4 Å². The minimum atomic E-state index is -0.441. The quantitative estimate of drug-likeness (QED) is 0.679.